The molecule has 150 valence electrons. The van der Waals surface area contributed by atoms with E-state index >= 15 is 0 Å². The molecular weight excluding hydrogens is 474 g/mol. The molecule has 1 atom stereocenters. The van der Waals surface area contributed by atoms with Crippen LogP contribution in [0.2, 0.25) is 0 Å². The zero-order valence-electron chi connectivity index (χ0n) is 15.5. The summed E-state index contributed by atoms with van der Waals surface area (Å²) in [7, 11) is -2.01. The van der Waals surface area contributed by atoms with Crippen LogP contribution in [-0.2, 0) is 14.8 Å². The monoisotopic (exact) mass is 502 g/mol. The zero-order valence-corrected chi connectivity index (χ0v) is 18.7. The maximum absolute atomic E-state index is 13.5. The van der Waals surface area contributed by atoms with Gasteiger partial charge < -0.3 is 15.4 Å². The summed E-state index contributed by atoms with van der Waals surface area (Å²) in [5.41, 5.74) is 0.657. The lowest BCUT2D eigenvalue weighted by Gasteiger charge is -2.17. The molecule has 10 heteroatoms. The Morgan fingerprint density at radius 1 is 1.38 bits per heavy atom. The van der Waals surface area contributed by atoms with Gasteiger partial charge in [-0.1, -0.05) is 6.07 Å². The van der Waals surface area contributed by atoms with Crippen LogP contribution >= 0.6 is 24.0 Å². The summed E-state index contributed by atoms with van der Waals surface area (Å²) in [5, 5.41) is 6.16. The predicted molar refractivity (Wildman–Crippen MR) is 114 cm³/mol. The lowest BCUT2D eigenvalue weighted by atomic mass is 10.2. The number of benzene rings is 1. The fraction of sp³-hybridized carbons (Fsp3) is 0.562. The molecule has 26 heavy (non-hydrogen) atoms. The number of halogens is 2. The van der Waals surface area contributed by atoms with Gasteiger partial charge in [0.25, 0.3) is 0 Å². The maximum Gasteiger partial charge on any atom is 0.234 e. The van der Waals surface area contributed by atoms with Crippen molar-refractivity contribution in [3.8, 4) is 0 Å². The van der Waals surface area contributed by atoms with Crippen LogP contribution in [0.25, 0.3) is 0 Å². The highest BCUT2D eigenvalue weighted by molar-refractivity contribution is 14.0. The maximum atomic E-state index is 13.5. The third-order valence-electron chi connectivity index (χ3n) is 3.22. The van der Waals surface area contributed by atoms with E-state index < -0.39 is 15.8 Å². The summed E-state index contributed by atoms with van der Waals surface area (Å²) in [4.78, 5) is 4.24. The van der Waals surface area contributed by atoms with Crippen LogP contribution in [-0.4, -0.2) is 53.0 Å². The average molecular weight is 502 g/mol. The molecular formula is C16H28FIN4O3S. The lowest BCUT2D eigenvalue weighted by Crippen LogP contribution is -2.44. The summed E-state index contributed by atoms with van der Waals surface area (Å²) in [6, 6.07) is 4.24. The van der Waals surface area contributed by atoms with Crippen LogP contribution in [0.1, 0.15) is 19.4 Å². The van der Waals surface area contributed by atoms with Crippen molar-refractivity contribution in [1.82, 2.24) is 10.6 Å². The molecule has 0 amide bonds. The highest BCUT2D eigenvalue weighted by Crippen LogP contribution is 2.14. The van der Waals surface area contributed by atoms with Gasteiger partial charge in [-0.15, -0.1) is 24.0 Å². The number of nitrogens with zero attached hydrogens (tertiary/aromatic N) is 1. The van der Waals surface area contributed by atoms with Crippen LogP contribution in [0.4, 0.5) is 10.1 Å². The van der Waals surface area contributed by atoms with Gasteiger partial charge in [0, 0.05) is 19.7 Å². The second kappa shape index (κ2) is 12.3. The molecule has 0 saturated heterocycles. The minimum atomic E-state index is -3.62. The molecule has 0 aliphatic rings. The number of guanidine groups is 1. The quantitative estimate of drug-likeness (QED) is 0.273. The first-order valence-corrected chi connectivity index (χ1v) is 9.73. The van der Waals surface area contributed by atoms with Crippen molar-refractivity contribution in [2.45, 2.75) is 26.8 Å². The van der Waals surface area contributed by atoms with Crippen molar-refractivity contribution in [2.24, 2.45) is 4.99 Å². The number of rotatable bonds is 9. The molecule has 0 aliphatic carbocycles. The second-order valence-corrected chi connectivity index (χ2v) is 7.49. The Bertz CT molecular complexity index is 686. The van der Waals surface area contributed by atoms with Crippen molar-refractivity contribution in [3.05, 3.63) is 29.6 Å². The first kappa shape index (κ1) is 24.9. The Morgan fingerprint density at radius 3 is 2.65 bits per heavy atom. The number of sulfonamides is 1. The molecule has 0 aromatic heterocycles. The van der Waals surface area contributed by atoms with Gasteiger partial charge in [0.2, 0.25) is 10.0 Å². The van der Waals surface area contributed by atoms with Crippen molar-refractivity contribution < 1.29 is 17.5 Å². The van der Waals surface area contributed by atoms with Crippen LogP contribution < -0.4 is 15.4 Å². The molecule has 1 unspecified atom stereocenters. The van der Waals surface area contributed by atoms with E-state index in [2.05, 4.69) is 20.3 Å². The number of methoxy groups -OCH3 is 1. The summed E-state index contributed by atoms with van der Waals surface area (Å²) >= 11 is 0. The van der Waals surface area contributed by atoms with Gasteiger partial charge in [-0.05, 0) is 38.5 Å². The van der Waals surface area contributed by atoms with Crippen molar-refractivity contribution in [2.75, 3.05) is 37.3 Å². The third-order valence-corrected chi connectivity index (χ3v) is 4.49. The van der Waals surface area contributed by atoms with Gasteiger partial charge in [-0.25, -0.2) is 12.8 Å². The van der Waals surface area contributed by atoms with Crippen LogP contribution in [0.5, 0.6) is 0 Å². The summed E-state index contributed by atoms with van der Waals surface area (Å²) in [6.07, 6.45) is 0. The SMILES string of the molecule is CCNC(=NCCS(=O)(=O)Nc1ccc(C)c(F)c1)NC(C)COC.I. The van der Waals surface area contributed by atoms with Gasteiger partial charge in [-0.3, -0.25) is 9.71 Å². The van der Waals surface area contributed by atoms with Gasteiger partial charge in [0.1, 0.15) is 5.82 Å². The Morgan fingerprint density at radius 2 is 2.08 bits per heavy atom. The number of ether oxygens (including phenoxy) is 1. The molecule has 0 bridgehead atoms. The molecule has 0 saturated carbocycles. The number of nitrogens with one attached hydrogen (secondary N) is 3. The van der Waals surface area contributed by atoms with Crippen LogP contribution in [0.15, 0.2) is 23.2 Å². The Kier molecular flexibility index (Phi) is 11.7. The van der Waals surface area contributed by atoms with Gasteiger partial charge in [-0.2, -0.15) is 0 Å². The molecule has 1 rings (SSSR count). The predicted octanol–water partition coefficient (Wildman–Crippen LogP) is 2.08. The van der Waals surface area contributed by atoms with Gasteiger partial charge >= 0.3 is 0 Å². The Balaban J connectivity index is 0.00000625. The molecule has 0 spiro atoms. The zero-order chi connectivity index (χ0) is 18.9. The highest BCUT2D eigenvalue weighted by Gasteiger charge is 2.12. The van der Waals surface area contributed by atoms with E-state index in [1.807, 2.05) is 13.8 Å². The first-order chi connectivity index (χ1) is 11.8. The smallest absolute Gasteiger partial charge is 0.234 e. The van der Waals surface area contributed by atoms with Crippen molar-refractivity contribution >= 4 is 45.6 Å². The lowest BCUT2D eigenvalue weighted by molar-refractivity contribution is 0.179. The number of aryl methyl sites for hydroxylation is 1. The van der Waals surface area contributed by atoms with E-state index in [1.165, 1.54) is 12.1 Å². The number of anilines is 1. The summed E-state index contributed by atoms with van der Waals surface area (Å²) < 4.78 is 45.1. The van der Waals surface area contributed by atoms with Gasteiger partial charge in [0.05, 0.1) is 24.6 Å². The molecule has 1 aromatic carbocycles. The highest BCUT2D eigenvalue weighted by atomic mass is 127. The topological polar surface area (TPSA) is 91.8 Å². The molecule has 0 aliphatic heterocycles. The normalized spacial score (nSPS) is 12.9. The van der Waals surface area contributed by atoms with Crippen molar-refractivity contribution in [1.29, 1.82) is 0 Å². The summed E-state index contributed by atoms with van der Waals surface area (Å²) in [6.45, 7) is 6.69. The molecule has 3 N–H and O–H groups in total. The second-order valence-electron chi connectivity index (χ2n) is 5.65. The summed E-state index contributed by atoms with van der Waals surface area (Å²) in [5.74, 6) is -0.148. The molecule has 7 nitrogen and oxygen atoms in total. The molecule has 0 fully saturated rings. The van der Waals surface area contributed by atoms with E-state index in [0.717, 1.165) is 6.07 Å². The molecule has 1 aromatic rings. The Labute approximate surface area is 172 Å². The van der Waals surface area contributed by atoms with Crippen LogP contribution in [0.3, 0.4) is 0 Å². The van der Waals surface area contributed by atoms with E-state index in [1.54, 1.807) is 14.0 Å². The number of hydrogen-bond donors (Lipinski definition) is 3. The van der Waals surface area contributed by atoms with E-state index in [0.29, 0.717) is 24.7 Å². The number of hydrogen-bond acceptors (Lipinski definition) is 4. The molecule has 0 heterocycles. The largest absolute Gasteiger partial charge is 0.383 e. The fourth-order valence-corrected chi connectivity index (χ4v) is 2.93. The van der Waals surface area contributed by atoms with E-state index in [4.69, 9.17) is 4.74 Å². The Hall–Kier alpha value is -1.14. The fourth-order valence-electron chi connectivity index (χ4n) is 2.01. The van der Waals surface area contributed by atoms with Crippen molar-refractivity contribution in [3.63, 3.8) is 0 Å². The minimum Gasteiger partial charge on any atom is -0.383 e. The number of aliphatic imine (C=N–C) groups is 1. The van der Waals surface area contributed by atoms with E-state index in [-0.39, 0.29) is 48.0 Å². The van der Waals surface area contributed by atoms with E-state index in [9.17, 15) is 12.8 Å². The minimum absolute atomic E-state index is 0. The van der Waals surface area contributed by atoms with Gasteiger partial charge in [0.15, 0.2) is 5.96 Å². The third kappa shape index (κ3) is 9.53. The first-order valence-electron chi connectivity index (χ1n) is 8.07. The van der Waals surface area contributed by atoms with Crippen LogP contribution in [0, 0.1) is 12.7 Å². The molecule has 0 radical (unpaired) electrons. The average Bonchev–Trinajstić information content (AvgIpc) is 2.51. The standard InChI is InChI=1S/C16H27FN4O3S.HI/c1-5-18-16(20-13(3)11-24-4)19-8-9-25(22,23)21-14-7-6-12(2)15(17)10-14;/h6-7,10,13,21H,5,8-9,11H2,1-4H3,(H2,18,19,20);1H.